The number of sulfonamides is 1. The molecule has 2 aromatic rings. The molecule has 5 nitrogen and oxygen atoms in total. The van der Waals surface area contributed by atoms with Gasteiger partial charge in [0.1, 0.15) is 4.90 Å². The molecule has 0 amide bonds. The summed E-state index contributed by atoms with van der Waals surface area (Å²) in [4.78, 5) is -0.126. The van der Waals surface area contributed by atoms with E-state index in [0.29, 0.717) is 11.3 Å². The van der Waals surface area contributed by atoms with E-state index in [1.807, 2.05) is 6.07 Å². The van der Waals surface area contributed by atoms with Gasteiger partial charge in [0, 0.05) is 7.05 Å². The largest absolute Gasteiger partial charge is 0.398 e. The minimum atomic E-state index is -3.88. The number of nitriles is 1. The molecule has 0 saturated carbocycles. The third-order valence-corrected chi connectivity index (χ3v) is 5.31. The first-order valence-corrected chi connectivity index (χ1v) is 7.73. The first-order valence-electron chi connectivity index (χ1n) is 5.91. The number of rotatable bonds is 3. The van der Waals surface area contributed by atoms with E-state index >= 15 is 0 Å². The molecule has 0 bridgehead atoms. The maximum atomic E-state index is 12.6. The van der Waals surface area contributed by atoms with Gasteiger partial charge in [0.25, 0.3) is 10.0 Å². The Morgan fingerprint density at radius 1 is 1.19 bits per heavy atom. The van der Waals surface area contributed by atoms with Crippen LogP contribution in [0.25, 0.3) is 0 Å². The van der Waals surface area contributed by atoms with Crippen molar-refractivity contribution >= 4 is 33.0 Å². The van der Waals surface area contributed by atoms with Crippen molar-refractivity contribution in [3.63, 3.8) is 0 Å². The van der Waals surface area contributed by atoms with Gasteiger partial charge in [0.15, 0.2) is 0 Å². The molecule has 21 heavy (non-hydrogen) atoms. The topological polar surface area (TPSA) is 87.2 Å². The summed E-state index contributed by atoms with van der Waals surface area (Å²) >= 11 is 5.96. The second-order valence-corrected chi connectivity index (χ2v) is 6.60. The normalized spacial score (nSPS) is 10.9. The number of benzene rings is 2. The van der Waals surface area contributed by atoms with Crippen LogP contribution in [-0.4, -0.2) is 15.5 Å². The van der Waals surface area contributed by atoms with Crippen molar-refractivity contribution in [2.45, 2.75) is 4.90 Å². The Balaban J connectivity index is 2.50. The van der Waals surface area contributed by atoms with Crippen molar-refractivity contribution in [1.82, 2.24) is 0 Å². The molecule has 0 unspecified atom stereocenters. The second-order valence-electron chi connectivity index (χ2n) is 4.29. The summed E-state index contributed by atoms with van der Waals surface area (Å²) in [6.45, 7) is 0. The Bertz CT molecular complexity index is 791. The molecule has 0 atom stereocenters. The molecule has 2 N–H and O–H groups in total. The van der Waals surface area contributed by atoms with Crippen molar-refractivity contribution in [2.24, 2.45) is 0 Å². The number of nitrogens with zero attached hydrogens (tertiary/aromatic N) is 2. The van der Waals surface area contributed by atoms with Crippen molar-refractivity contribution in [3.05, 3.63) is 53.1 Å². The predicted octanol–water partition coefficient (Wildman–Crippen LogP) is 2.62. The van der Waals surface area contributed by atoms with E-state index in [4.69, 9.17) is 22.6 Å². The lowest BCUT2D eigenvalue weighted by Crippen LogP contribution is -2.27. The van der Waals surface area contributed by atoms with Crippen LogP contribution in [0, 0.1) is 11.3 Å². The van der Waals surface area contributed by atoms with E-state index in [9.17, 15) is 8.42 Å². The zero-order chi connectivity index (χ0) is 15.6. The maximum absolute atomic E-state index is 12.6. The molecule has 0 aromatic heterocycles. The lowest BCUT2D eigenvalue weighted by molar-refractivity contribution is 0.595. The molecule has 108 valence electrons. The summed E-state index contributed by atoms with van der Waals surface area (Å²) in [5, 5.41) is 8.83. The molecule has 0 fully saturated rings. The van der Waals surface area contributed by atoms with Crippen molar-refractivity contribution in [3.8, 4) is 6.07 Å². The van der Waals surface area contributed by atoms with Gasteiger partial charge in [0.2, 0.25) is 0 Å². The SMILES string of the molecule is CN(c1ccc(C#N)cc1)S(=O)(=O)c1c(N)cccc1Cl. The average molecular weight is 322 g/mol. The quantitative estimate of drug-likeness (QED) is 0.880. The predicted molar refractivity (Wildman–Crippen MR) is 82.6 cm³/mol. The summed E-state index contributed by atoms with van der Waals surface area (Å²) in [6.07, 6.45) is 0. The zero-order valence-corrected chi connectivity index (χ0v) is 12.7. The van der Waals surface area contributed by atoms with E-state index < -0.39 is 10.0 Å². The Labute approximate surface area is 128 Å². The van der Waals surface area contributed by atoms with Gasteiger partial charge >= 0.3 is 0 Å². The summed E-state index contributed by atoms with van der Waals surface area (Å²) in [5.74, 6) is 0. The fourth-order valence-corrected chi connectivity index (χ4v) is 3.65. The molecule has 2 aromatic carbocycles. The molecule has 7 heteroatoms. The Kier molecular flexibility index (Phi) is 4.07. The number of anilines is 2. The van der Waals surface area contributed by atoms with Crippen LogP contribution in [0.15, 0.2) is 47.4 Å². The number of hydrogen-bond acceptors (Lipinski definition) is 4. The maximum Gasteiger partial charge on any atom is 0.267 e. The highest BCUT2D eigenvalue weighted by molar-refractivity contribution is 7.93. The standard InChI is InChI=1S/C14H12ClN3O2S/c1-18(11-7-5-10(9-16)6-8-11)21(19,20)14-12(15)3-2-4-13(14)17/h2-8H,17H2,1H3. The lowest BCUT2D eigenvalue weighted by atomic mass is 10.2. The molecule has 0 saturated heterocycles. The van der Waals surface area contributed by atoms with Crippen LogP contribution in [0.2, 0.25) is 5.02 Å². The van der Waals surface area contributed by atoms with Gasteiger partial charge in [-0.1, -0.05) is 17.7 Å². The monoisotopic (exact) mass is 321 g/mol. The van der Waals surface area contributed by atoms with Gasteiger partial charge in [-0.05, 0) is 36.4 Å². The fourth-order valence-electron chi connectivity index (χ4n) is 1.82. The Morgan fingerprint density at radius 3 is 2.33 bits per heavy atom. The van der Waals surface area contributed by atoms with Crippen molar-refractivity contribution < 1.29 is 8.42 Å². The van der Waals surface area contributed by atoms with Gasteiger partial charge in [0.05, 0.1) is 28.0 Å². The third kappa shape index (κ3) is 2.79. The highest BCUT2D eigenvalue weighted by Crippen LogP contribution is 2.31. The summed E-state index contributed by atoms with van der Waals surface area (Å²) in [6, 6.07) is 12.7. The molecule has 2 rings (SSSR count). The Hall–Kier alpha value is -2.23. The van der Waals surface area contributed by atoms with E-state index in [1.165, 1.54) is 31.3 Å². The summed E-state index contributed by atoms with van der Waals surface area (Å²) < 4.78 is 26.3. The molecule has 0 aliphatic rings. The van der Waals surface area contributed by atoms with Gasteiger partial charge < -0.3 is 5.73 Å². The zero-order valence-electron chi connectivity index (χ0n) is 11.1. The van der Waals surface area contributed by atoms with Crippen LogP contribution in [0.1, 0.15) is 5.56 Å². The van der Waals surface area contributed by atoms with Crippen LogP contribution in [0.5, 0.6) is 0 Å². The minimum absolute atomic E-state index is 0.0653. The molecular formula is C14H12ClN3O2S. The summed E-state index contributed by atoms with van der Waals surface area (Å²) in [7, 11) is -2.48. The first kappa shape index (κ1) is 15.2. The number of nitrogen functional groups attached to an aromatic ring is 1. The van der Waals surface area contributed by atoms with Crippen LogP contribution < -0.4 is 10.0 Å². The number of halogens is 1. The molecule has 0 radical (unpaired) electrons. The number of hydrogen-bond donors (Lipinski definition) is 1. The van der Waals surface area contributed by atoms with Gasteiger partial charge in [-0.2, -0.15) is 5.26 Å². The van der Waals surface area contributed by atoms with Gasteiger partial charge in [-0.3, -0.25) is 4.31 Å². The van der Waals surface area contributed by atoms with Crippen LogP contribution in [0.4, 0.5) is 11.4 Å². The second kappa shape index (κ2) is 5.64. The third-order valence-electron chi connectivity index (χ3n) is 2.98. The molecule has 0 heterocycles. The minimum Gasteiger partial charge on any atom is -0.398 e. The molecular weight excluding hydrogens is 310 g/mol. The Morgan fingerprint density at radius 2 is 1.81 bits per heavy atom. The molecule has 0 spiro atoms. The number of nitrogens with two attached hydrogens (primary N) is 1. The van der Waals surface area contributed by atoms with Crippen LogP contribution in [-0.2, 0) is 10.0 Å². The fraction of sp³-hybridized carbons (Fsp3) is 0.0714. The lowest BCUT2D eigenvalue weighted by Gasteiger charge is -2.21. The highest BCUT2D eigenvalue weighted by Gasteiger charge is 2.26. The summed E-state index contributed by atoms with van der Waals surface area (Å²) in [5.41, 5.74) is 6.68. The smallest absolute Gasteiger partial charge is 0.267 e. The first-order chi connectivity index (χ1) is 9.87. The van der Waals surface area contributed by atoms with E-state index in [0.717, 1.165) is 4.31 Å². The van der Waals surface area contributed by atoms with E-state index in [-0.39, 0.29) is 15.6 Å². The van der Waals surface area contributed by atoms with Gasteiger partial charge in [-0.25, -0.2) is 8.42 Å². The van der Waals surface area contributed by atoms with Crippen LogP contribution >= 0.6 is 11.6 Å². The van der Waals surface area contributed by atoms with E-state index in [2.05, 4.69) is 0 Å². The molecule has 0 aliphatic heterocycles. The molecule has 0 aliphatic carbocycles. The van der Waals surface area contributed by atoms with Crippen molar-refractivity contribution in [1.29, 1.82) is 5.26 Å². The van der Waals surface area contributed by atoms with Crippen molar-refractivity contribution in [2.75, 3.05) is 17.1 Å². The van der Waals surface area contributed by atoms with Crippen LogP contribution in [0.3, 0.4) is 0 Å². The van der Waals surface area contributed by atoms with E-state index in [1.54, 1.807) is 18.2 Å². The highest BCUT2D eigenvalue weighted by atomic mass is 35.5. The van der Waals surface area contributed by atoms with Gasteiger partial charge in [-0.15, -0.1) is 0 Å². The average Bonchev–Trinajstić information content (AvgIpc) is 2.46.